The Bertz CT molecular complexity index is 863. The van der Waals surface area contributed by atoms with Crippen molar-refractivity contribution in [2.24, 2.45) is 0 Å². The number of ether oxygens (including phenoxy) is 1. The van der Waals surface area contributed by atoms with Gasteiger partial charge in [-0.05, 0) is 55.5 Å². The summed E-state index contributed by atoms with van der Waals surface area (Å²) < 4.78 is 19.2. The molecule has 4 rings (SSSR count). The third-order valence-electron chi connectivity index (χ3n) is 5.82. The van der Waals surface area contributed by atoms with Crippen LogP contribution in [0.1, 0.15) is 48.0 Å². The van der Waals surface area contributed by atoms with Gasteiger partial charge in [-0.2, -0.15) is 0 Å². The fourth-order valence-electron chi connectivity index (χ4n) is 4.30. The van der Waals surface area contributed by atoms with E-state index in [1.54, 1.807) is 29.2 Å². The lowest BCUT2D eigenvalue weighted by molar-refractivity contribution is -0.127. The standard InChI is InChI=1S/C23H25FN2O3/c24-19-11-9-17(10-12-19)15-25-21(27)20-16-29-23(13-5-2-6-14-23)26(20)22(28)18-7-3-1-4-8-18/h1,3-4,7-12,20H,2,5-6,13-16H2,(H,25,27). The number of benzene rings is 2. The van der Waals surface area contributed by atoms with E-state index < -0.39 is 11.8 Å². The van der Waals surface area contributed by atoms with Crippen LogP contribution in [-0.2, 0) is 16.1 Å². The Balaban J connectivity index is 1.54. The number of nitrogens with one attached hydrogen (secondary N) is 1. The summed E-state index contributed by atoms with van der Waals surface area (Å²) in [6.07, 6.45) is 4.55. The van der Waals surface area contributed by atoms with Crippen LogP contribution in [0.4, 0.5) is 4.39 Å². The van der Waals surface area contributed by atoms with Crippen molar-refractivity contribution in [3.05, 3.63) is 71.5 Å². The largest absolute Gasteiger partial charge is 0.353 e. The van der Waals surface area contributed by atoms with E-state index in [1.807, 2.05) is 18.2 Å². The fourth-order valence-corrected chi connectivity index (χ4v) is 4.30. The van der Waals surface area contributed by atoms with E-state index in [-0.39, 0.29) is 30.8 Å². The summed E-state index contributed by atoms with van der Waals surface area (Å²) in [6, 6.07) is 14.4. The number of halogens is 1. The molecule has 1 atom stereocenters. The summed E-state index contributed by atoms with van der Waals surface area (Å²) in [4.78, 5) is 28.0. The zero-order valence-corrected chi connectivity index (χ0v) is 16.3. The van der Waals surface area contributed by atoms with Crippen molar-refractivity contribution < 1.29 is 18.7 Å². The van der Waals surface area contributed by atoms with Crippen molar-refractivity contribution >= 4 is 11.8 Å². The Hall–Kier alpha value is -2.73. The second kappa shape index (κ2) is 8.33. The third kappa shape index (κ3) is 4.03. The molecular formula is C23H25FN2O3. The van der Waals surface area contributed by atoms with Gasteiger partial charge in [-0.15, -0.1) is 0 Å². The van der Waals surface area contributed by atoms with E-state index in [0.717, 1.165) is 37.7 Å². The van der Waals surface area contributed by atoms with Crippen LogP contribution in [0.25, 0.3) is 0 Å². The van der Waals surface area contributed by atoms with Crippen molar-refractivity contribution in [3.63, 3.8) is 0 Å². The molecule has 6 heteroatoms. The lowest BCUT2D eigenvalue weighted by atomic mass is 9.89. The molecule has 1 spiro atoms. The first-order chi connectivity index (χ1) is 14.1. The molecule has 1 N–H and O–H groups in total. The molecule has 29 heavy (non-hydrogen) atoms. The van der Waals surface area contributed by atoms with Crippen LogP contribution >= 0.6 is 0 Å². The van der Waals surface area contributed by atoms with Crippen LogP contribution in [0.15, 0.2) is 54.6 Å². The Labute approximate surface area is 169 Å². The summed E-state index contributed by atoms with van der Waals surface area (Å²) in [5.74, 6) is -0.740. The van der Waals surface area contributed by atoms with Crippen molar-refractivity contribution in [3.8, 4) is 0 Å². The topological polar surface area (TPSA) is 58.6 Å². The second-order valence-electron chi connectivity index (χ2n) is 7.72. The van der Waals surface area contributed by atoms with Crippen LogP contribution < -0.4 is 5.32 Å². The number of carbonyl (C=O) groups is 2. The van der Waals surface area contributed by atoms with E-state index in [4.69, 9.17) is 4.74 Å². The molecule has 1 heterocycles. The van der Waals surface area contributed by atoms with Crippen LogP contribution in [0.3, 0.4) is 0 Å². The number of rotatable bonds is 4. The SMILES string of the molecule is O=C(NCc1ccc(F)cc1)C1COC2(CCCCC2)N1C(=O)c1ccccc1. The van der Waals surface area contributed by atoms with Gasteiger partial charge in [0.2, 0.25) is 5.91 Å². The highest BCUT2D eigenvalue weighted by molar-refractivity contribution is 5.98. The molecule has 152 valence electrons. The van der Waals surface area contributed by atoms with Crippen molar-refractivity contribution in [2.75, 3.05) is 6.61 Å². The van der Waals surface area contributed by atoms with Gasteiger partial charge in [0.15, 0.2) is 0 Å². The number of carbonyl (C=O) groups excluding carboxylic acids is 2. The monoisotopic (exact) mass is 396 g/mol. The van der Waals surface area contributed by atoms with E-state index in [9.17, 15) is 14.0 Å². The van der Waals surface area contributed by atoms with E-state index in [1.165, 1.54) is 12.1 Å². The lowest BCUT2D eigenvalue weighted by Crippen LogP contribution is -2.56. The Morgan fingerprint density at radius 3 is 2.41 bits per heavy atom. The molecule has 2 aliphatic rings. The molecule has 0 bridgehead atoms. The molecule has 1 unspecified atom stereocenters. The fraction of sp³-hybridized carbons (Fsp3) is 0.391. The molecule has 2 amide bonds. The van der Waals surface area contributed by atoms with Crippen LogP contribution in [0.2, 0.25) is 0 Å². The molecule has 1 saturated heterocycles. The Morgan fingerprint density at radius 1 is 1.03 bits per heavy atom. The molecule has 1 aliphatic carbocycles. The molecule has 0 aromatic heterocycles. The average molecular weight is 396 g/mol. The van der Waals surface area contributed by atoms with Gasteiger partial charge < -0.3 is 10.1 Å². The first-order valence-corrected chi connectivity index (χ1v) is 10.1. The smallest absolute Gasteiger partial charge is 0.256 e. The van der Waals surface area contributed by atoms with Gasteiger partial charge in [-0.25, -0.2) is 4.39 Å². The molecule has 0 radical (unpaired) electrons. The molecule has 5 nitrogen and oxygen atoms in total. The summed E-state index contributed by atoms with van der Waals surface area (Å²) in [5.41, 5.74) is 0.648. The predicted octanol–water partition coefficient (Wildman–Crippen LogP) is 3.64. The summed E-state index contributed by atoms with van der Waals surface area (Å²) in [5, 5.41) is 2.88. The Kier molecular flexibility index (Phi) is 5.62. The quantitative estimate of drug-likeness (QED) is 0.858. The van der Waals surface area contributed by atoms with Crippen molar-refractivity contribution in [1.82, 2.24) is 10.2 Å². The Morgan fingerprint density at radius 2 is 1.72 bits per heavy atom. The minimum absolute atomic E-state index is 0.174. The van der Waals surface area contributed by atoms with Crippen molar-refractivity contribution in [1.29, 1.82) is 0 Å². The normalized spacial score (nSPS) is 20.6. The highest BCUT2D eigenvalue weighted by Crippen LogP contribution is 2.41. The van der Waals surface area contributed by atoms with Crippen LogP contribution in [0.5, 0.6) is 0 Å². The molecule has 2 aromatic carbocycles. The highest BCUT2D eigenvalue weighted by atomic mass is 19.1. The molecule has 1 saturated carbocycles. The van der Waals surface area contributed by atoms with Crippen molar-refractivity contribution in [2.45, 2.75) is 50.4 Å². The van der Waals surface area contributed by atoms with Gasteiger partial charge in [-0.3, -0.25) is 14.5 Å². The van der Waals surface area contributed by atoms with Gasteiger partial charge in [0.1, 0.15) is 17.6 Å². The first kappa shape index (κ1) is 19.6. The van der Waals surface area contributed by atoms with Gasteiger partial charge in [0, 0.05) is 12.1 Å². The number of hydrogen-bond donors (Lipinski definition) is 1. The molecule has 2 fully saturated rings. The number of amides is 2. The maximum absolute atomic E-state index is 13.4. The zero-order valence-electron chi connectivity index (χ0n) is 16.3. The van der Waals surface area contributed by atoms with E-state index in [0.29, 0.717) is 5.56 Å². The summed E-state index contributed by atoms with van der Waals surface area (Å²) in [7, 11) is 0. The first-order valence-electron chi connectivity index (χ1n) is 10.1. The lowest BCUT2D eigenvalue weighted by Gasteiger charge is -2.41. The zero-order chi connectivity index (χ0) is 20.3. The number of hydrogen-bond acceptors (Lipinski definition) is 3. The summed E-state index contributed by atoms with van der Waals surface area (Å²) in [6.45, 7) is 0.462. The predicted molar refractivity (Wildman–Crippen MR) is 106 cm³/mol. The summed E-state index contributed by atoms with van der Waals surface area (Å²) >= 11 is 0. The number of nitrogens with zero attached hydrogens (tertiary/aromatic N) is 1. The second-order valence-corrected chi connectivity index (χ2v) is 7.72. The van der Waals surface area contributed by atoms with E-state index in [2.05, 4.69) is 5.32 Å². The van der Waals surface area contributed by atoms with Gasteiger partial charge in [0.25, 0.3) is 5.91 Å². The third-order valence-corrected chi connectivity index (χ3v) is 5.82. The van der Waals surface area contributed by atoms with Gasteiger partial charge in [-0.1, -0.05) is 36.8 Å². The average Bonchev–Trinajstić information content (AvgIpc) is 3.12. The minimum Gasteiger partial charge on any atom is -0.353 e. The van der Waals surface area contributed by atoms with E-state index >= 15 is 0 Å². The van der Waals surface area contributed by atoms with Gasteiger partial charge in [0.05, 0.1) is 6.61 Å². The maximum atomic E-state index is 13.4. The molecule has 2 aromatic rings. The van der Waals surface area contributed by atoms with Gasteiger partial charge >= 0.3 is 0 Å². The maximum Gasteiger partial charge on any atom is 0.256 e. The molecular weight excluding hydrogens is 371 g/mol. The van der Waals surface area contributed by atoms with Crippen LogP contribution in [-0.4, -0.2) is 35.1 Å². The molecule has 1 aliphatic heterocycles. The van der Waals surface area contributed by atoms with Crippen LogP contribution in [0, 0.1) is 5.82 Å². The highest BCUT2D eigenvalue weighted by Gasteiger charge is 2.52. The minimum atomic E-state index is -0.705.